The molecule has 11 heavy (non-hydrogen) atoms. The maximum absolute atomic E-state index is 10.6. The van der Waals surface area contributed by atoms with Gasteiger partial charge in [-0.25, -0.2) is 0 Å². The maximum atomic E-state index is 10.6. The summed E-state index contributed by atoms with van der Waals surface area (Å²) in [5.74, 6) is -0.189. The van der Waals surface area contributed by atoms with Crippen molar-refractivity contribution in [1.82, 2.24) is 0 Å². The minimum atomic E-state index is -0.189. The Bertz CT molecular complexity index is 178. The second-order valence-corrected chi connectivity index (χ2v) is 3.22. The third-order valence-electron chi connectivity index (χ3n) is 2.28. The van der Waals surface area contributed by atoms with Gasteiger partial charge in [-0.1, -0.05) is 0 Å². The molecule has 2 rings (SSSR count). The van der Waals surface area contributed by atoms with Crippen LogP contribution >= 0.6 is 0 Å². The van der Waals surface area contributed by atoms with Crippen LogP contribution in [0.4, 0.5) is 0 Å². The first-order valence-corrected chi connectivity index (χ1v) is 4.10. The van der Waals surface area contributed by atoms with Crippen molar-refractivity contribution in [2.24, 2.45) is 0 Å². The molecule has 1 heterocycles. The fraction of sp³-hybridized carbons (Fsp3) is 0.875. The van der Waals surface area contributed by atoms with E-state index in [1.54, 1.807) is 0 Å². The molecule has 3 nitrogen and oxygen atoms in total. The lowest BCUT2D eigenvalue weighted by molar-refractivity contribution is -0.147. The number of carbonyl (C=O) groups is 1. The van der Waals surface area contributed by atoms with E-state index < -0.39 is 0 Å². The summed E-state index contributed by atoms with van der Waals surface area (Å²) in [6.07, 6.45) is 3.91. The zero-order valence-corrected chi connectivity index (χ0v) is 6.58. The standard InChI is InChI=1S/C8H12O3/c1-5(9)10-6-3-2-4-7-8(6)11-7/h6-8H,2-4H2,1H3/t6-,7+,8-/m0/s1. The van der Waals surface area contributed by atoms with Crippen molar-refractivity contribution in [3.05, 3.63) is 0 Å². The van der Waals surface area contributed by atoms with Gasteiger partial charge >= 0.3 is 5.97 Å². The lowest BCUT2D eigenvalue weighted by atomic mass is 9.98. The van der Waals surface area contributed by atoms with Crippen molar-refractivity contribution >= 4 is 5.97 Å². The van der Waals surface area contributed by atoms with Gasteiger partial charge in [-0.2, -0.15) is 0 Å². The number of carbonyl (C=O) groups excluding carboxylic acids is 1. The number of hydrogen-bond acceptors (Lipinski definition) is 3. The Labute approximate surface area is 65.7 Å². The number of rotatable bonds is 1. The molecule has 0 amide bonds. The van der Waals surface area contributed by atoms with Crippen LogP contribution in [0, 0.1) is 0 Å². The molecular formula is C8H12O3. The van der Waals surface area contributed by atoms with E-state index in [2.05, 4.69) is 0 Å². The van der Waals surface area contributed by atoms with Crippen molar-refractivity contribution in [2.75, 3.05) is 0 Å². The minimum Gasteiger partial charge on any atom is -0.460 e. The number of hydrogen-bond donors (Lipinski definition) is 0. The van der Waals surface area contributed by atoms with Gasteiger partial charge < -0.3 is 9.47 Å². The highest BCUT2D eigenvalue weighted by Crippen LogP contribution is 2.38. The van der Waals surface area contributed by atoms with E-state index in [0.29, 0.717) is 6.10 Å². The van der Waals surface area contributed by atoms with Gasteiger partial charge in [0.1, 0.15) is 12.2 Å². The van der Waals surface area contributed by atoms with Crippen LogP contribution in [0.3, 0.4) is 0 Å². The molecule has 1 saturated heterocycles. The fourth-order valence-corrected chi connectivity index (χ4v) is 1.74. The third kappa shape index (κ3) is 1.38. The summed E-state index contributed by atoms with van der Waals surface area (Å²) in [5, 5.41) is 0. The Balaban J connectivity index is 1.88. The second kappa shape index (κ2) is 2.48. The minimum absolute atomic E-state index is 0.0475. The summed E-state index contributed by atoms with van der Waals surface area (Å²) < 4.78 is 10.4. The average molecular weight is 156 g/mol. The quantitative estimate of drug-likeness (QED) is 0.417. The molecule has 0 unspecified atom stereocenters. The number of ether oxygens (including phenoxy) is 2. The first kappa shape index (κ1) is 7.10. The molecule has 2 aliphatic rings. The van der Waals surface area contributed by atoms with Crippen molar-refractivity contribution in [3.8, 4) is 0 Å². The Kier molecular flexibility index (Phi) is 1.60. The Morgan fingerprint density at radius 3 is 3.09 bits per heavy atom. The predicted octanol–water partition coefficient (Wildman–Crippen LogP) is 0.869. The van der Waals surface area contributed by atoms with Gasteiger partial charge in [0, 0.05) is 6.92 Å². The highest BCUT2D eigenvalue weighted by atomic mass is 16.6. The van der Waals surface area contributed by atoms with E-state index >= 15 is 0 Å². The van der Waals surface area contributed by atoms with Crippen LogP contribution in [0.5, 0.6) is 0 Å². The van der Waals surface area contributed by atoms with Gasteiger partial charge in [-0.15, -0.1) is 0 Å². The van der Waals surface area contributed by atoms with Gasteiger partial charge in [0.25, 0.3) is 0 Å². The van der Waals surface area contributed by atoms with Crippen LogP contribution < -0.4 is 0 Å². The smallest absolute Gasteiger partial charge is 0.302 e. The number of fused-ring (bicyclic) bond motifs is 1. The van der Waals surface area contributed by atoms with E-state index in [1.807, 2.05) is 0 Å². The monoisotopic (exact) mass is 156 g/mol. The van der Waals surface area contributed by atoms with E-state index in [0.717, 1.165) is 19.3 Å². The molecule has 3 atom stereocenters. The molecule has 0 aromatic carbocycles. The molecular weight excluding hydrogens is 144 g/mol. The largest absolute Gasteiger partial charge is 0.460 e. The van der Waals surface area contributed by atoms with E-state index in [1.165, 1.54) is 6.92 Å². The Morgan fingerprint density at radius 1 is 1.55 bits per heavy atom. The molecule has 0 spiro atoms. The number of epoxide rings is 1. The van der Waals surface area contributed by atoms with Crippen LogP contribution in [0.25, 0.3) is 0 Å². The second-order valence-electron chi connectivity index (χ2n) is 3.22. The summed E-state index contributed by atoms with van der Waals surface area (Å²) in [6, 6.07) is 0. The van der Waals surface area contributed by atoms with Crippen LogP contribution in [-0.4, -0.2) is 24.3 Å². The third-order valence-corrected chi connectivity index (χ3v) is 2.28. The SMILES string of the molecule is CC(=O)O[C@H]1CCC[C@H]2O[C@@H]12. The van der Waals surface area contributed by atoms with Crippen LogP contribution in [0.2, 0.25) is 0 Å². The summed E-state index contributed by atoms with van der Waals surface area (Å²) >= 11 is 0. The molecule has 0 bridgehead atoms. The Hall–Kier alpha value is -0.570. The predicted molar refractivity (Wildman–Crippen MR) is 38.1 cm³/mol. The molecule has 1 aliphatic carbocycles. The van der Waals surface area contributed by atoms with Crippen molar-refractivity contribution in [1.29, 1.82) is 0 Å². The van der Waals surface area contributed by atoms with Crippen LogP contribution in [-0.2, 0) is 14.3 Å². The van der Waals surface area contributed by atoms with Crippen LogP contribution in [0.1, 0.15) is 26.2 Å². The van der Waals surface area contributed by atoms with E-state index in [-0.39, 0.29) is 18.2 Å². The van der Waals surface area contributed by atoms with Crippen molar-refractivity contribution in [3.63, 3.8) is 0 Å². The highest BCUT2D eigenvalue weighted by Gasteiger charge is 2.48. The first-order chi connectivity index (χ1) is 5.27. The van der Waals surface area contributed by atoms with E-state index in [9.17, 15) is 4.79 Å². The highest BCUT2D eigenvalue weighted by molar-refractivity contribution is 5.66. The van der Waals surface area contributed by atoms with E-state index in [4.69, 9.17) is 9.47 Å². The molecule has 1 aliphatic heterocycles. The van der Waals surface area contributed by atoms with Gasteiger partial charge in [-0.3, -0.25) is 4.79 Å². The van der Waals surface area contributed by atoms with Gasteiger partial charge in [0.05, 0.1) is 6.10 Å². The van der Waals surface area contributed by atoms with Crippen molar-refractivity contribution in [2.45, 2.75) is 44.5 Å². The normalized spacial score (nSPS) is 41.0. The summed E-state index contributed by atoms with van der Waals surface area (Å²) in [4.78, 5) is 10.6. The molecule has 0 aromatic rings. The van der Waals surface area contributed by atoms with Gasteiger partial charge in [-0.05, 0) is 19.3 Å². The van der Waals surface area contributed by atoms with Gasteiger partial charge in [0.2, 0.25) is 0 Å². The fourth-order valence-electron chi connectivity index (χ4n) is 1.74. The molecule has 62 valence electrons. The topological polar surface area (TPSA) is 38.8 Å². The Morgan fingerprint density at radius 2 is 2.36 bits per heavy atom. The number of esters is 1. The molecule has 0 N–H and O–H groups in total. The molecule has 1 saturated carbocycles. The zero-order chi connectivity index (χ0) is 7.84. The maximum Gasteiger partial charge on any atom is 0.302 e. The summed E-state index contributed by atoms with van der Waals surface area (Å²) in [5.41, 5.74) is 0. The first-order valence-electron chi connectivity index (χ1n) is 4.10. The van der Waals surface area contributed by atoms with Crippen LogP contribution in [0.15, 0.2) is 0 Å². The van der Waals surface area contributed by atoms with Gasteiger partial charge in [0.15, 0.2) is 0 Å². The molecule has 2 fully saturated rings. The lowest BCUT2D eigenvalue weighted by Crippen LogP contribution is -2.26. The molecule has 3 heteroatoms. The zero-order valence-electron chi connectivity index (χ0n) is 6.58. The molecule has 0 aromatic heterocycles. The summed E-state index contributed by atoms with van der Waals surface area (Å²) in [7, 11) is 0. The molecule has 0 radical (unpaired) electrons. The average Bonchev–Trinajstić information content (AvgIpc) is 2.65. The lowest BCUT2D eigenvalue weighted by Gasteiger charge is -2.17. The van der Waals surface area contributed by atoms with Crippen molar-refractivity contribution < 1.29 is 14.3 Å². The summed E-state index contributed by atoms with van der Waals surface area (Å²) in [6.45, 7) is 1.45.